The van der Waals surface area contributed by atoms with Gasteiger partial charge in [-0.25, -0.2) is 4.98 Å². The van der Waals surface area contributed by atoms with E-state index in [2.05, 4.69) is 10.3 Å². The van der Waals surface area contributed by atoms with Gasteiger partial charge in [-0.1, -0.05) is 11.6 Å². The lowest BCUT2D eigenvalue weighted by Crippen LogP contribution is -2.08. The molecule has 1 fully saturated rings. The number of nitrogen functional groups attached to an aromatic ring is 1. The maximum atomic E-state index is 10.8. The molecule has 7 heteroatoms. The molecule has 1 aromatic rings. The zero-order valence-corrected chi connectivity index (χ0v) is 8.49. The summed E-state index contributed by atoms with van der Waals surface area (Å²) in [4.78, 5) is 14.1. The lowest BCUT2D eigenvalue weighted by molar-refractivity contribution is -0.383. The van der Waals surface area contributed by atoms with Gasteiger partial charge < -0.3 is 11.1 Å². The van der Waals surface area contributed by atoms with Gasteiger partial charge in [-0.3, -0.25) is 10.1 Å². The van der Waals surface area contributed by atoms with Crippen LogP contribution in [0.25, 0.3) is 0 Å². The summed E-state index contributed by atoms with van der Waals surface area (Å²) in [5.41, 5.74) is 5.24. The van der Waals surface area contributed by atoms with Crippen LogP contribution in [-0.2, 0) is 0 Å². The van der Waals surface area contributed by atoms with Crippen LogP contribution in [0, 0.1) is 10.1 Å². The minimum atomic E-state index is -0.571. The predicted molar refractivity (Wildman–Crippen MR) is 57.0 cm³/mol. The Bertz CT molecular complexity index is 419. The minimum Gasteiger partial charge on any atom is -0.392 e. The number of rotatable bonds is 3. The fraction of sp³-hybridized carbons (Fsp3) is 0.375. The number of nitro groups is 1. The van der Waals surface area contributed by atoms with Gasteiger partial charge in [0.1, 0.15) is 5.69 Å². The van der Waals surface area contributed by atoms with Gasteiger partial charge in [0.05, 0.1) is 16.1 Å². The first kappa shape index (κ1) is 9.97. The van der Waals surface area contributed by atoms with Crippen molar-refractivity contribution >= 4 is 28.8 Å². The number of hydrogen-bond acceptors (Lipinski definition) is 5. The molecule has 0 bridgehead atoms. The van der Waals surface area contributed by atoms with Crippen molar-refractivity contribution in [3.8, 4) is 0 Å². The first-order valence-corrected chi connectivity index (χ1v) is 4.82. The maximum absolute atomic E-state index is 10.8. The van der Waals surface area contributed by atoms with E-state index in [-0.39, 0.29) is 28.3 Å². The fourth-order valence-corrected chi connectivity index (χ4v) is 1.34. The Balaban J connectivity index is 2.42. The zero-order chi connectivity index (χ0) is 11.0. The Kier molecular flexibility index (Phi) is 2.36. The highest BCUT2D eigenvalue weighted by Crippen LogP contribution is 2.36. The first-order chi connectivity index (χ1) is 7.09. The van der Waals surface area contributed by atoms with Crippen LogP contribution in [0.4, 0.5) is 17.2 Å². The number of hydrogen-bond donors (Lipinski definition) is 2. The summed E-state index contributed by atoms with van der Waals surface area (Å²) in [5.74, 6) is 0.199. The van der Waals surface area contributed by atoms with Gasteiger partial charge in [-0.15, -0.1) is 0 Å². The standard InChI is InChI=1S/C8H9ClN4O2/c9-5-3-11-8(12-4-1-2-4)7(6(5)10)13(14)15/h3-4H,1-2H2,(H3,10,11,12). The fourth-order valence-electron chi connectivity index (χ4n) is 1.20. The van der Waals surface area contributed by atoms with Crippen LogP contribution < -0.4 is 11.1 Å². The number of nitrogens with zero attached hydrogens (tertiary/aromatic N) is 2. The zero-order valence-electron chi connectivity index (χ0n) is 7.74. The van der Waals surface area contributed by atoms with E-state index in [1.807, 2.05) is 0 Å². The van der Waals surface area contributed by atoms with Gasteiger partial charge in [0, 0.05) is 6.04 Å². The predicted octanol–water partition coefficient (Wildman–Crippen LogP) is 1.80. The second-order valence-electron chi connectivity index (χ2n) is 3.39. The number of anilines is 2. The van der Waals surface area contributed by atoms with E-state index in [0.717, 1.165) is 12.8 Å². The molecular formula is C8H9ClN4O2. The lowest BCUT2D eigenvalue weighted by atomic mass is 10.3. The molecule has 2 rings (SSSR count). The number of halogens is 1. The van der Waals surface area contributed by atoms with E-state index in [1.165, 1.54) is 6.20 Å². The summed E-state index contributed by atoms with van der Waals surface area (Å²) >= 11 is 5.66. The van der Waals surface area contributed by atoms with E-state index in [0.29, 0.717) is 0 Å². The highest BCUT2D eigenvalue weighted by atomic mass is 35.5. The highest BCUT2D eigenvalue weighted by Gasteiger charge is 2.28. The molecule has 15 heavy (non-hydrogen) atoms. The SMILES string of the molecule is Nc1c(Cl)cnc(NC2CC2)c1[N+](=O)[O-]. The van der Waals surface area contributed by atoms with Crippen LogP contribution in [-0.4, -0.2) is 15.9 Å². The average Bonchev–Trinajstić information content (AvgIpc) is 2.95. The van der Waals surface area contributed by atoms with E-state index in [4.69, 9.17) is 17.3 Å². The smallest absolute Gasteiger partial charge is 0.335 e. The van der Waals surface area contributed by atoms with Gasteiger partial charge in [0.15, 0.2) is 0 Å². The number of nitrogens with two attached hydrogens (primary N) is 1. The Morgan fingerprint density at radius 2 is 2.33 bits per heavy atom. The number of aromatic nitrogens is 1. The van der Waals surface area contributed by atoms with Crippen molar-refractivity contribution in [1.29, 1.82) is 0 Å². The summed E-state index contributed by atoms with van der Waals surface area (Å²) in [5, 5.41) is 13.8. The lowest BCUT2D eigenvalue weighted by Gasteiger charge is -2.06. The van der Waals surface area contributed by atoms with E-state index in [1.54, 1.807) is 0 Å². The van der Waals surface area contributed by atoms with Gasteiger partial charge >= 0.3 is 5.69 Å². The highest BCUT2D eigenvalue weighted by molar-refractivity contribution is 6.33. The van der Waals surface area contributed by atoms with E-state index >= 15 is 0 Å². The molecule has 0 unspecified atom stereocenters. The molecule has 0 atom stereocenters. The molecular weight excluding hydrogens is 220 g/mol. The Hall–Kier alpha value is -1.56. The van der Waals surface area contributed by atoms with Crippen molar-refractivity contribution in [2.45, 2.75) is 18.9 Å². The Labute approximate surface area is 90.6 Å². The largest absolute Gasteiger partial charge is 0.392 e. The van der Waals surface area contributed by atoms with Crippen LogP contribution in [0.1, 0.15) is 12.8 Å². The van der Waals surface area contributed by atoms with Crippen molar-refractivity contribution in [2.24, 2.45) is 0 Å². The van der Waals surface area contributed by atoms with Crippen LogP contribution in [0.2, 0.25) is 5.02 Å². The molecule has 1 aliphatic carbocycles. The van der Waals surface area contributed by atoms with Crippen LogP contribution in [0.15, 0.2) is 6.20 Å². The third kappa shape index (κ3) is 1.94. The average molecular weight is 229 g/mol. The van der Waals surface area contributed by atoms with Crippen molar-refractivity contribution in [3.05, 3.63) is 21.3 Å². The van der Waals surface area contributed by atoms with Gasteiger partial charge in [-0.05, 0) is 12.8 Å². The molecule has 0 aromatic carbocycles. The monoisotopic (exact) mass is 228 g/mol. The molecule has 0 saturated heterocycles. The second-order valence-corrected chi connectivity index (χ2v) is 3.80. The molecule has 0 amide bonds. The van der Waals surface area contributed by atoms with Crippen LogP contribution in [0.3, 0.4) is 0 Å². The summed E-state index contributed by atoms with van der Waals surface area (Å²) in [7, 11) is 0. The quantitative estimate of drug-likeness (QED) is 0.608. The third-order valence-corrected chi connectivity index (χ3v) is 2.45. The van der Waals surface area contributed by atoms with Crippen molar-refractivity contribution in [1.82, 2.24) is 4.98 Å². The molecule has 0 radical (unpaired) electrons. The molecule has 80 valence electrons. The molecule has 3 N–H and O–H groups in total. The summed E-state index contributed by atoms with van der Waals surface area (Å²) in [6, 6.07) is 0.275. The summed E-state index contributed by atoms with van der Waals surface area (Å²) in [6.45, 7) is 0. The van der Waals surface area contributed by atoms with Gasteiger partial charge in [0.25, 0.3) is 0 Å². The third-order valence-electron chi connectivity index (χ3n) is 2.14. The van der Waals surface area contributed by atoms with E-state index < -0.39 is 4.92 Å². The van der Waals surface area contributed by atoms with Gasteiger partial charge in [-0.2, -0.15) is 0 Å². The Morgan fingerprint density at radius 1 is 1.67 bits per heavy atom. The molecule has 0 spiro atoms. The number of nitrogens with one attached hydrogen (secondary N) is 1. The van der Waals surface area contributed by atoms with Crippen molar-refractivity contribution in [2.75, 3.05) is 11.1 Å². The molecule has 0 aliphatic heterocycles. The van der Waals surface area contributed by atoms with Crippen molar-refractivity contribution < 1.29 is 4.92 Å². The molecule has 1 aromatic heterocycles. The minimum absolute atomic E-state index is 0.0418. The van der Waals surface area contributed by atoms with Crippen LogP contribution in [0.5, 0.6) is 0 Å². The van der Waals surface area contributed by atoms with Gasteiger partial charge in [0.2, 0.25) is 5.82 Å². The topological polar surface area (TPSA) is 94.1 Å². The Morgan fingerprint density at radius 3 is 2.87 bits per heavy atom. The van der Waals surface area contributed by atoms with E-state index in [9.17, 15) is 10.1 Å². The molecule has 1 aliphatic rings. The summed E-state index contributed by atoms with van der Waals surface area (Å²) < 4.78 is 0. The summed E-state index contributed by atoms with van der Waals surface area (Å²) in [6.07, 6.45) is 3.32. The molecule has 1 heterocycles. The number of pyridine rings is 1. The second kappa shape index (κ2) is 3.54. The molecule has 1 saturated carbocycles. The van der Waals surface area contributed by atoms with Crippen molar-refractivity contribution in [3.63, 3.8) is 0 Å². The molecule has 6 nitrogen and oxygen atoms in total. The van der Waals surface area contributed by atoms with Crippen LogP contribution >= 0.6 is 11.6 Å². The maximum Gasteiger partial charge on any atom is 0.335 e. The normalized spacial score (nSPS) is 15.0. The first-order valence-electron chi connectivity index (χ1n) is 4.44.